The Hall–Kier alpha value is -4.30. The molecule has 0 saturated heterocycles. The minimum Gasteiger partial charge on any atom is -0.496 e. The molecule has 0 fully saturated rings. The average Bonchev–Trinajstić information content (AvgIpc) is 2.96. The first kappa shape index (κ1) is 25.4. The van der Waals surface area contributed by atoms with E-state index in [1.54, 1.807) is 14.0 Å². The first-order valence-corrected chi connectivity index (χ1v) is 13.3. The summed E-state index contributed by atoms with van der Waals surface area (Å²) in [6.45, 7) is 1.95. The summed E-state index contributed by atoms with van der Waals surface area (Å²) in [4.78, 5) is 34.9. The molecular weight excluding hydrogens is 498 g/mol. The van der Waals surface area contributed by atoms with Gasteiger partial charge in [-0.3, -0.25) is 4.79 Å². The smallest absolute Gasteiger partial charge is 0.337 e. The number of nitrogens with one attached hydrogen (secondary N) is 2. The number of fused-ring (bicyclic) bond motifs is 1. The zero-order valence-corrected chi connectivity index (χ0v) is 21.9. The Labute approximate surface area is 224 Å². The van der Waals surface area contributed by atoms with Gasteiger partial charge in [0, 0.05) is 11.3 Å². The Morgan fingerprint density at radius 1 is 0.974 bits per heavy atom. The maximum atomic E-state index is 13.7. The summed E-state index contributed by atoms with van der Waals surface area (Å²) in [7, 11) is 1.57. The number of benzene rings is 3. The molecule has 0 aliphatic carbocycles. The summed E-state index contributed by atoms with van der Waals surface area (Å²) in [5.74, 6) is 0.325. The molecule has 1 unspecified atom stereocenters. The van der Waals surface area contributed by atoms with Gasteiger partial charge in [0.2, 0.25) is 0 Å². The van der Waals surface area contributed by atoms with Crippen LogP contribution in [-0.2, 0) is 15.3 Å². The number of nitrogens with zero attached hydrogens (tertiary/aromatic N) is 1. The molecule has 1 aliphatic heterocycles. The molecule has 4 aromatic rings. The van der Waals surface area contributed by atoms with Gasteiger partial charge >= 0.3 is 5.97 Å². The molecule has 1 aromatic heterocycles. The second-order valence-corrected chi connectivity index (χ2v) is 9.55. The van der Waals surface area contributed by atoms with Crippen molar-refractivity contribution in [2.24, 2.45) is 0 Å². The highest BCUT2D eigenvalue weighted by Gasteiger charge is 2.39. The third-order valence-corrected chi connectivity index (χ3v) is 7.19. The van der Waals surface area contributed by atoms with Gasteiger partial charge in [-0.25, -0.2) is 9.78 Å². The molecule has 38 heavy (non-hydrogen) atoms. The van der Waals surface area contributed by atoms with Crippen LogP contribution in [0.5, 0.6) is 5.75 Å². The lowest BCUT2D eigenvalue weighted by atomic mass is 9.80. The van der Waals surface area contributed by atoms with E-state index in [1.807, 2.05) is 84.9 Å². The van der Waals surface area contributed by atoms with Crippen LogP contribution in [0.15, 0.2) is 100 Å². The van der Waals surface area contributed by atoms with E-state index in [2.05, 4.69) is 10.3 Å². The minimum absolute atomic E-state index is 0.194. The average molecular weight is 526 g/mol. The Morgan fingerprint density at radius 2 is 1.66 bits per heavy atom. The number of rotatable bonds is 8. The third kappa shape index (κ3) is 5.08. The molecule has 192 valence electrons. The van der Waals surface area contributed by atoms with Gasteiger partial charge in [0.1, 0.15) is 11.6 Å². The van der Waals surface area contributed by atoms with E-state index in [1.165, 1.54) is 11.8 Å². The van der Waals surface area contributed by atoms with E-state index in [0.29, 0.717) is 44.9 Å². The SMILES string of the molecule is CCOC(=O)C1=C(c2ccccc2)Nc2nc(SCc3ccccc3)[nH]c(=O)c2C1c1ccccc1OC. The van der Waals surface area contributed by atoms with Crippen molar-refractivity contribution in [3.63, 3.8) is 0 Å². The number of ether oxygens (including phenoxy) is 2. The molecule has 1 aliphatic rings. The Balaban J connectivity index is 1.70. The van der Waals surface area contributed by atoms with Gasteiger partial charge < -0.3 is 19.8 Å². The first-order valence-electron chi connectivity index (χ1n) is 12.3. The zero-order chi connectivity index (χ0) is 26.5. The Bertz CT molecular complexity index is 1530. The first-order chi connectivity index (χ1) is 18.6. The number of H-pyrrole nitrogens is 1. The van der Waals surface area contributed by atoms with Gasteiger partial charge in [0.05, 0.1) is 36.5 Å². The van der Waals surface area contributed by atoms with Crippen molar-refractivity contribution in [3.8, 4) is 5.75 Å². The van der Waals surface area contributed by atoms with Gasteiger partial charge in [-0.05, 0) is 24.1 Å². The van der Waals surface area contributed by atoms with Crippen molar-refractivity contribution in [1.29, 1.82) is 0 Å². The highest BCUT2D eigenvalue weighted by molar-refractivity contribution is 7.98. The molecule has 0 amide bonds. The van der Waals surface area contributed by atoms with Crippen LogP contribution < -0.4 is 15.6 Å². The molecule has 7 nitrogen and oxygen atoms in total. The number of thioether (sulfide) groups is 1. The van der Waals surface area contributed by atoms with Crippen LogP contribution >= 0.6 is 11.8 Å². The van der Waals surface area contributed by atoms with Crippen LogP contribution in [0.2, 0.25) is 0 Å². The van der Waals surface area contributed by atoms with Crippen molar-refractivity contribution in [2.75, 3.05) is 19.0 Å². The van der Waals surface area contributed by atoms with Gasteiger partial charge in [-0.15, -0.1) is 0 Å². The quantitative estimate of drug-likeness (QED) is 0.176. The number of esters is 1. The second-order valence-electron chi connectivity index (χ2n) is 8.58. The van der Waals surface area contributed by atoms with E-state index < -0.39 is 11.9 Å². The molecule has 5 rings (SSSR count). The summed E-state index contributed by atoms with van der Waals surface area (Å²) < 4.78 is 11.2. The molecule has 1 atom stereocenters. The third-order valence-electron chi connectivity index (χ3n) is 6.25. The van der Waals surface area contributed by atoms with Crippen LogP contribution in [0.4, 0.5) is 5.82 Å². The monoisotopic (exact) mass is 525 g/mol. The summed E-state index contributed by atoms with van der Waals surface area (Å²) >= 11 is 1.44. The van der Waals surface area contributed by atoms with E-state index >= 15 is 0 Å². The standard InChI is InChI=1S/C30H27N3O4S/c1-3-37-29(35)24-23(21-16-10-11-17-22(21)36-2)25-27(31-26(24)20-14-8-5-9-15-20)32-30(33-28(25)34)38-18-19-12-6-4-7-13-19/h4-17,23H,3,18H2,1-2H3,(H2,31,32,33,34). The number of carbonyl (C=O) groups is 1. The molecule has 2 heterocycles. The fourth-order valence-corrected chi connectivity index (χ4v) is 5.39. The molecule has 0 saturated carbocycles. The highest BCUT2D eigenvalue weighted by atomic mass is 32.2. The lowest BCUT2D eigenvalue weighted by molar-refractivity contribution is -0.138. The number of carbonyl (C=O) groups excluding carboxylic acids is 1. The van der Waals surface area contributed by atoms with Crippen molar-refractivity contribution in [1.82, 2.24) is 9.97 Å². The Kier molecular flexibility index (Phi) is 7.60. The Morgan fingerprint density at radius 3 is 2.37 bits per heavy atom. The topological polar surface area (TPSA) is 93.3 Å². The van der Waals surface area contributed by atoms with Crippen molar-refractivity contribution in [2.45, 2.75) is 23.8 Å². The predicted molar refractivity (Wildman–Crippen MR) is 149 cm³/mol. The zero-order valence-electron chi connectivity index (χ0n) is 21.1. The highest BCUT2D eigenvalue weighted by Crippen LogP contribution is 2.45. The van der Waals surface area contributed by atoms with E-state index in [-0.39, 0.29) is 12.2 Å². The van der Waals surface area contributed by atoms with E-state index in [9.17, 15) is 9.59 Å². The summed E-state index contributed by atoms with van der Waals surface area (Å²) in [6, 6.07) is 26.9. The van der Waals surface area contributed by atoms with Gasteiger partial charge in [0.15, 0.2) is 5.16 Å². The van der Waals surface area contributed by atoms with Gasteiger partial charge in [-0.2, -0.15) is 0 Å². The maximum absolute atomic E-state index is 13.7. The van der Waals surface area contributed by atoms with E-state index in [0.717, 1.165) is 11.1 Å². The maximum Gasteiger partial charge on any atom is 0.337 e. The minimum atomic E-state index is -0.763. The fourth-order valence-electron chi connectivity index (χ4n) is 4.57. The predicted octanol–water partition coefficient (Wildman–Crippen LogP) is 5.60. The van der Waals surface area contributed by atoms with E-state index in [4.69, 9.17) is 14.5 Å². The molecular formula is C30H27N3O4S. The van der Waals surface area contributed by atoms with Crippen LogP contribution in [0.1, 0.15) is 35.1 Å². The lowest BCUT2D eigenvalue weighted by Crippen LogP contribution is -2.31. The summed E-state index contributed by atoms with van der Waals surface area (Å²) in [6.07, 6.45) is 0. The number of methoxy groups -OCH3 is 1. The number of aromatic nitrogens is 2. The summed E-state index contributed by atoms with van der Waals surface area (Å²) in [5, 5.41) is 3.80. The molecule has 3 aromatic carbocycles. The van der Waals surface area contributed by atoms with Crippen molar-refractivity contribution >= 4 is 29.2 Å². The van der Waals surface area contributed by atoms with Crippen LogP contribution in [0, 0.1) is 0 Å². The van der Waals surface area contributed by atoms with Crippen molar-refractivity contribution < 1.29 is 14.3 Å². The molecule has 2 N–H and O–H groups in total. The van der Waals surface area contributed by atoms with Crippen molar-refractivity contribution in [3.05, 3.63) is 123 Å². The van der Waals surface area contributed by atoms with Crippen LogP contribution in [0.25, 0.3) is 5.70 Å². The summed E-state index contributed by atoms with van der Waals surface area (Å²) in [5.41, 5.74) is 3.45. The molecule has 0 radical (unpaired) electrons. The fraction of sp³-hybridized carbons (Fsp3) is 0.167. The van der Waals surface area contributed by atoms with Crippen LogP contribution in [0.3, 0.4) is 0 Å². The largest absolute Gasteiger partial charge is 0.496 e. The number of hydrogen-bond donors (Lipinski definition) is 2. The molecule has 0 spiro atoms. The van der Waals surface area contributed by atoms with Gasteiger partial charge in [-0.1, -0.05) is 90.6 Å². The molecule has 0 bridgehead atoms. The normalized spacial score (nSPS) is 14.4. The number of para-hydroxylation sites is 1. The van der Waals surface area contributed by atoms with Crippen LogP contribution in [-0.4, -0.2) is 29.7 Å². The number of aromatic amines is 1. The van der Waals surface area contributed by atoms with Gasteiger partial charge in [0.25, 0.3) is 5.56 Å². The number of anilines is 1. The second kappa shape index (κ2) is 11.4. The molecule has 8 heteroatoms. The lowest BCUT2D eigenvalue weighted by Gasteiger charge is -2.31. The number of hydrogen-bond acceptors (Lipinski definition) is 7.